The van der Waals surface area contributed by atoms with Crippen LogP contribution in [-0.2, 0) is 7.05 Å². The van der Waals surface area contributed by atoms with E-state index in [1.807, 2.05) is 19.3 Å². The molecule has 0 amide bonds. The first-order valence-corrected chi connectivity index (χ1v) is 4.93. The molecule has 0 aliphatic rings. The maximum absolute atomic E-state index is 9.40. The smallest absolute Gasteiger partial charge is 0.117 e. The SMILES string of the molecule is Cn1cc(-c2cc(O)cc(Br)c2)cn1. The quantitative estimate of drug-likeness (QED) is 0.848. The van der Waals surface area contributed by atoms with E-state index in [9.17, 15) is 5.11 Å². The highest BCUT2D eigenvalue weighted by Crippen LogP contribution is 2.27. The number of halogens is 1. The first kappa shape index (κ1) is 9.27. The van der Waals surface area contributed by atoms with Gasteiger partial charge in [0.2, 0.25) is 0 Å². The van der Waals surface area contributed by atoms with Gasteiger partial charge in [0, 0.05) is 23.3 Å². The summed E-state index contributed by atoms with van der Waals surface area (Å²) in [7, 11) is 1.86. The Hall–Kier alpha value is -1.29. The summed E-state index contributed by atoms with van der Waals surface area (Å²) in [4.78, 5) is 0. The Bertz CT molecular complexity index is 445. The van der Waals surface area contributed by atoms with Gasteiger partial charge in [0.1, 0.15) is 5.75 Å². The molecule has 2 rings (SSSR count). The van der Waals surface area contributed by atoms with Crippen LogP contribution in [0.2, 0.25) is 0 Å². The fraction of sp³-hybridized carbons (Fsp3) is 0.100. The molecule has 0 atom stereocenters. The van der Waals surface area contributed by atoms with E-state index in [1.165, 1.54) is 0 Å². The summed E-state index contributed by atoms with van der Waals surface area (Å²) < 4.78 is 2.59. The number of benzene rings is 1. The van der Waals surface area contributed by atoms with Gasteiger partial charge in [-0.3, -0.25) is 4.68 Å². The second kappa shape index (κ2) is 3.46. The third-order valence-electron chi connectivity index (χ3n) is 1.92. The topological polar surface area (TPSA) is 38.0 Å². The minimum atomic E-state index is 0.248. The van der Waals surface area contributed by atoms with Gasteiger partial charge in [-0.1, -0.05) is 15.9 Å². The van der Waals surface area contributed by atoms with Crippen LogP contribution in [0.25, 0.3) is 11.1 Å². The van der Waals surface area contributed by atoms with Crippen molar-refractivity contribution in [1.29, 1.82) is 0 Å². The molecule has 3 nitrogen and oxygen atoms in total. The number of nitrogens with zero attached hydrogens (tertiary/aromatic N) is 2. The van der Waals surface area contributed by atoms with E-state index in [4.69, 9.17) is 0 Å². The Morgan fingerprint density at radius 2 is 2.07 bits per heavy atom. The fourth-order valence-corrected chi connectivity index (χ4v) is 1.79. The van der Waals surface area contributed by atoms with Crippen molar-refractivity contribution in [2.45, 2.75) is 0 Å². The number of phenols is 1. The number of aryl methyl sites for hydroxylation is 1. The van der Waals surface area contributed by atoms with Crippen LogP contribution in [0, 0.1) is 0 Å². The zero-order chi connectivity index (χ0) is 10.1. The number of hydrogen-bond acceptors (Lipinski definition) is 2. The van der Waals surface area contributed by atoms with Crippen LogP contribution in [0.4, 0.5) is 0 Å². The molecule has 0 spiro atoms. The Kier molecular flexibility index (Phi) is 2.29. The first-order valence-electron chi connectivity index (χ1n) is 4.14. The summed E-state index contributed by atoms with van der Waals surface area (Å²) in [5, 5.41) is 13.5. The van der Waals surface area contributed by atoms with Gasteiger partial charge in [-0.25, -0.2) is 0 Å². The maximum Gasteiger partial charge on any atom is 0.117 e. The van der Waals surface area contributed by atoms with E-state index in [0.717, 1.165) is 15.6 Å². The Morgan fingerprint density at radius 1 is 1.29 bits per heavy atom. The molecular formula is C10H9BrN2O. The largest absolute Gasteiger partial charge is 0.508 e. The summed E-state index contributed by atoms with van der Waals surface area (Å²) in [6, 6.07) is 5.30. The molecular weight excluding hydrogens is 244 g/mol. The Balaban J connectivity index is 2.51. The van der Waals surface area contributed by atoms with Crippen molar-refractivity contribution in [3.8, 4) is 16.9 Å². The lowest BCUT2D eigenvalue weighted by molar-refractivity contribution is 0.475. The highest BCUT2D eigenvalue weighted by molar-refractivity contribution is 9.10. The number of aromatic hydroxyl groups is 1. The van der Waals surface area contributed by atoms with Crippen LogP contribution in [0.5, 0.6) is 5.75 Å². The van der Waals surface area contributed by atoms with E-state index in [-0.39, 0.29) is 5.75 Å². The molecule has 1 heterocycles. The van der Waals surface area contributed by atoms with Gasteiger partial charge in [0.15, 0.2) is 0 Å². The zero-order valence-electron chi connectivity index (χ0n) is 7.61. The van der Waals surface area contributed by atoms with Crippen molar-refractivity contribution in [2.75, 3.05) is 0 Å². The third kappa shape index (κ3) is 1.80. The molecule has 72 valence electrons. The minimum Gasteiger partial charge on any atom is -0.508 e. The van der Waals surface area contributed by atoms with Crippen molar-refractivity contribution in [2.24, 2.45) is 7.05 Å². The van der Waals surface area contributed by atoms with Crippen molar-refractivity contribution >= 4 is 15.9 Å². The monoisotopic (exact) mass is 252 g/mol. The van der Waals surface area contributed by atoms with Crippen LogP contribution >= 0.6 is 15.9 Å². The maximum atomic E-state index is 9.40. The highest BCUT2D eigenvalue weighted by atomic mass is 79.9. The van der Waals surface area contributed by atoms with Crippen molar-refractivity contribution in [1.82, 2.24) is 9.78 Å². The van der Waals surface area contributed by atoms with Crippen molar-refractivity contribution in [3.63, 3.8) is 0 Å². The lowest BCUT2D eigenvalue weighted by Gasteiger charge is -1.99. The molecule has 1 N–H and O–H groups in total. The second-order valence-corrected chi connectivity index (χ2v) is 4.02. The van der Waals surface area contributed by atoms with E-state index in [2.05, 4.69) is 21.0 Å². The van der Waals surface area contributed by atoms with Gasteiger partial charge in [0.25, 0.3) is 0 Å². The van der Waals surface area contributed by atoms with E-state index in [1.54, 1.807) is 23.0 Å². The van der Waals surface area contributed by atoms with E-state index >= 15 is 0 Å². The van der Waals surface area contributed by atoms with E-state index < -0.39 is 0 Å². The van der Waals surface area contributed by atoms with Gasteiger partial charge in [-0.15, -0.1) is 0 Å². The summed E-state index contributed by atoms with van der Waals surface area (Å²) in [5.74, 6) is 0.248. The van der Waals surface area contributed by atoms with Gasteiger partial charge in [-0.05, 0) is 23.8 Å². The first-order chi connectivity index (χ1) is 6.65. The fourth-order valence-electron chi connectivity index (χ4n) is 1.31. The second-order valence-electron chi connectivity index (χ2n) is 3.10. The average molecular weight is 253 g/mol. The van der Waals surface area contributed by atoms with E-state index in [0.29, 0.717) is 0 Å². The molecule has 0 bridgehead atoms. The van der Waals surface area contributed by atoms with Crippen LogP contribution in [-0.4, -0.2) is 14.9 Å². The normalized spacial score (nSPS) is 10.4. The van der Waals surface area contributed by atoms with Crippen molar-refractivity contribution in [3.05, 3.63) is 35.1 Å². The molecule has 14 heavy (non-hydrogen) atoms. The molecule has 2 aromatic rings. The standard InChI is InChI=1S/C10H9BrN2O/c1-13-6-8(5-12-13)7-2-9(11)4-10(14)3-7/h2-6,14H,1H3. The highest BCUT2D eigenvalue weighted by Gasteiger charge is 2.02. The third-order valence-corrected chi connectivity index (χ3v) is 2.38. The summed E-state index contributed by atoms with van der Waals surface area (Å²) >= 11 is 3.33. The summed E-state index contributed by atoms with van der Waals surface area (Å²) in [6.45, 7) is 0. The molecule has 1 aromatic heterocycles. The Labute approximate surface area is 90.1 Å². The molecule has 0 aliphatic carbocycles. The van der Waals surface area contributed by atoms with Crippen LogP contribution in [0.15, 0.2) is 35.1 Å². The molecule has 1 aromatic carbocycles. The molecule has 0 aliphatic heterocycles. The average Bonchev–Trinajstić information content (AvgIpc) is 2.50. The van der Waals surface area contributed by atoms with Gasteiger partial charge >= 0.3 is 0 Å². The van der Waals surface area contributed by atoms with Gasteiger partial charge in [0.05, 0.1) is 6.20 Å². The number of phenolic OH excluding ortho intramolecular Hbond substituents is 1. The molecule has 0 fully saturated rings. The predicted octanol–water partition coefficient (Wildman–Crippen LogP) is 2.56. The van der Waals surface area contributed by atoms with Gasteiger partial charge < -0.3 is 5.11 Å². The predicted molar refractivity (Wildman–Crippen MR) is 58.0 cm³/mol. The molecule has 4 heteroatoms. The molecule has 0 saturated carbocycles. The number of aromatic nitrogens is 2. The zero-order valence-corrected chi connectivity index (χ0v) is 9.19. The number of rotatable bonds is 1. The molecule has 0 radical (unpaired) electrons. The van der Waals surface area contributed by atoms with Crippen LogP contribution in [0.1, 0.15) is 0 Å². The Morgan fingerprint density at radius 3 is 2.64 bits per heavy atom. The lowest BCUT2D eigenvalue weighted by atomic mass is 10.1. The minimum absolute atomic E-state index is 0.248. The lowest BCUT2D eigenvalue weighted by Crippen LogP contribution is -1.84. The van der Waals surface area contributed by atoms with Crippen molar-refractivity contribution < 1.29 is 5.11 Å². The summed E-state index contributed by atoms with van der Waals surface area (Å²) in [6.07, 6.45) is 3.67. The summed E-state index contributed by atoms with van der Waals surface area (Å²) in [5.41, 5.74) is 1.94. The van der Waals surface area contributed by atoms with Crippen LogP contribution in [0.3, 0.4) is 0 Å². The molecule has 0 unspecified atom stereocenters. The van der Waals surface area contributed by atoms with Crippen LogP contribution < -0.4 is 0 Å². The van der Waals surface area contributed by atoms with Gasteiger partial charge in [-0.2, -0.15) is 5.10 Å². The molecule has 0 saturated heterocycles. The number of hydrogen-bond donors (Lipinski definition) is 1.